The lowest BCUT2D eigenvalue weighted by Crippen LogP contribution is -2.37. The molecule has 0 spiro atoms. The largest absolute Gasteiger partial charge is 0.378 e. The van der Waals surface area contributed by atoms with Crippen molar-refractivity contribution in [3.63, 3.8) is 0 Å². The van der Waals surface area contributed by atoms with Gasteiger partial charge in [-0.2, -0.15) is 0 Å². The van der Waals surface area contributed by atoms with E-state index in [1.165, 1.54) is 35.9 Å². The minimum atomic E-state index is -4.64. The molecule has 2 N–H and O–H groups in total. The number of hydrogen-bond donors (Lipinski definition) is 2. The van der Waals surface area contributed by atoms with E-state index in [1.807, 2.05) is 18.7 Å². The minimum Gasteiger partial charge on any atom is -0.378 e. The Morgan fingerprint density at radius 1 is 0.935 bits per heavy atom. The van der Waals surface area contributed by atoms with Gasteiger partial charge in [0, 0.05) is 43.0 Å². The summed E-state index contributed by atoms with van der Waals surface area (Å²) in [6, 6.07) is 8.86. The molecule has 0 saturated carbocycles. The van der Waals surface area contributed by atoms with Crippen molar-refractivity contribution in [2.75, 3.05) is 41.2 Å². The van der Waals surface area contributed by atoms with Crippen LogP contribution in [0.1, 0.15) is 24.8 Å². The van der Waals surface area contributed by atoms with Crippen molar-refractivity contribution in [3.05, 3.63) is 83.5 Å². The predicted octanol–water partition coefficient (Wildman–Crippen LogP) is 5.98. The van der Waals surface area contributed by atoms with Crippen molar-refractivity contribution in [2.45, 2.75) is 24.7 Å². The highest BCUT2D eigenvalue weighted by Gasteiger charge is 2.25. The van der Waals surface area contributed by atoms with Gasteiger partial charge in [0.05, 0.1) is 46.4 Å². The number of halogens is 3. The number of pyridine rings is 2. The zero-order chi connectivity index (χ0) is 32.4. The number of thiazole rings is 1. The predicted molar refractivity (Wildman–Crippen MR) is 168 cm³/mol. The average molecular weight is 669 g/mol. The molecule has 0 amide bonds. The maximum absolute atomic E-state index is 15.0. The molecule has 0 unspecified atom stereocenters. The minimum absolute atomic E-state index is 0.0554. The van der Waals surface area contributed by atoms with E-state index in [2.05, 4.69) is 30.0 Å². The molecular weight excluding hydrogens is 642 g/mol. The van der Waals surface area contributed by atoms with Crippen LogP contribution in [-0.4, -0.2) is 59.6 Å². The number of sulfonamides is 1. The summed E-state index contributed by atoms with van der Waals surface area (Å²) in [7, 11) is -4.64. The van der Waals surface area contributed by atoms with Crippen LogP contribution in [0.3, 0.4) is 0 Å². The molecule has 1 fully saturated rings. The number of ether oxygens (including phenoxy) is 1. The first kappa shape index (κ1) is 31.3. The normalized spacial score (nSPS) is 13.7. The van der Waals surface area contributed by atoms with Crippen LogP contribution >= 0.6 is 11.3 Å². The van der Waals surface area contributed by atoms with Crippen molar-refractivity contribution < 1.29 is 26.3 Å². The summed E-state index contributed by atoms with van der Waals surface area (Å²) < 4.78 is 76.7. The lowest BCUT2D eigenvalue weighted by molar-refractivity contribution is 0.122. The number of aromatic nitrogens is 5. The Hall–Kier alpha value is -4.67. The van der Waals surface area contributed by atoms with Crippen molar-refractivity contribution >= 4 is 44.6 Å². The van der Waals surface area contributed by atoms with Crippen LogP contribution in [0.15, 0.2) is 66.0 Å². The standard InChI is InChI=1S/C30H27F3N8O3S2/c1-17(2)29-39-25(18-6-8-34-24(14-18)40-46(42,43)27-20(31)4-3-5-21(27)32)26(45-29)23-7-9-35-30(38-23)37-19-15-22(33)28(36-16-19)41-10-12-44-13-11-41/h3-9,14-17H,10-13H2,1-2H3,(H,34,40)(H,35,37,38). The van der Waals surface area contributed by atoms with E-state index >= 15 is 0 Å². The molecule has 1 saturated heterocycles. The Bertz CT molecular complexity index is 1980. The molecule has 11 nitrogen and oxygen atoms in total. The number of nitrogens with zero attached hydrogens (tertiary/aromatic N) is 6. The van der Waals surface area contributed by atoms with Crippen LogP contribution in [0, 0.1) is 17.5 Å². The van der Waals surface area contributed by atoms with E-state index in [0.717, 1.165) is 23.2 Å². The fourth-order valence-electron chi connectivity index (χ4n) is 4.70. The quantitative estimate of drug-likeness (QED) is 0.193. The van der Waals surface area contributed by atoms with Crippen molar-refractivity contribution in [2.24, 2.45) is 0 Å². The summed E-state index contributed by atoms with van der Waals surface area (Å²) in [4.78, 5) is 23.4. The first-order valence-electron chi connectivity index (χ1n) is 14.1. The van der Waals surface area contributed by atoms with Crippen LogP contribution in [0.4, 0.5) is 36.4 Å². The van der Waals surface area contributed by atoms with Gasteiger partial charge in [0.25, 0.3) is 10.0 Å². The maximum Gasteiger partial charge on any atom is 0.268 e. The number of morpholine rings is 1. The lowest BCUT2D eigenvalue weighted by atomic mass is 10.1. The fraction of sp³-hybridized carbons (Fsp3) is 0.233. The summed E-state index contributed by atoms with van der Waals surface area (Å²) >= 11 is 1.40. The number of benzene rings is 1. The van der Waals surface area contributed by atoms with Gasteiger partial charge in [-0.15, -0.1) is 11.3 Å². The molecule has 16 heteroatoms. The molecule has 0 bridgehead atoms. The molecule has 46 heavy (non-hydrogen) atoms. The van der Waals surface area contributed by atoms with Gasteiger partial charge in [-0.3, -0.25) is 4.72 Å². The second-order valence-electron chi connectivity index (χ2n) is 10.5. The first-order chi connectivity index (χ1) is 22.1. The summed E-state index contributed by atoms with van der Waals surface area (Å²) in [5.74, 6) is -2.62. The van der Waals surface area contributed by atoms with Gasteiger partial charge in [0.2, 0.25) is 5.95 Å². The van der Waals surface area contributed by atoms with Gasteiger partial charge in [0.15, 0.2) is 16.5 Å². The average Bonchev–Trinajstić information content (AvgIpc) is 3.48. The zero-order valence-corrected chi connectivity index (χ0v) is 26.2. The second kappa shape index (κ2) is 13.0. The van der Waals surface area contributed by atoms with E-state index in [-0.39, 0.29) is 23.5 Å². The van der Waals surface area contributed by atoms with Crippen LogP contribution in [0.25, 0.3) is 21.8 Å². The number of rotatable bonds is 9. The smallest absolute Gasteiger partial charge is 0.268 e. The highest BCUT2D eigenvalue weighted by atomic mass is 32.2. The molecule has 5 heterocycles. The Labute approximate surface area is 266 Å². The Morgan fingerprint density at radius 2 is 1.67 bits per heavy atom. The van der Waals surface area contributed by atoms with Gasteiger partial charge >= 0.3 is 0 Å². The third kappa shape index (κ3) is 6.63. The molecule has 4 aromatic heterocycles. The molecule has 1 aromatic carbocycles. The van der Waals surface area contributed by atoms with Gasteiger partial charge in [0.1, 0.15) is 17.5 Å². The van der Waals surface area contributed by atoms with Gasteiger partial charge in [-0.05, 0) is 30.3 Å². The summed E-state index contributed by atoms with van der Waals surface area (Å²) in [6.07, 6.45) is 4.41. The SMILES string of the molecule is CC(C)c1nc(-c2ccnc(NS(=O)(=O)c3c(F)cccc3F)c2)c(-c2ccnc(Nc3cnc(N4CCOCC4)c(F)c3)n2)s1. The summed E-state index contributed by atoms with van der Waals surface area (Å²) in [5, 5.41) is 3.79. The van der Waals surface area contributed by atoms with E-state index in [4.69, 9.17) is 9.72 Å². The molecule has 5 aromatic rings. The monoisotopic (exact) mass is 668 g/mol. The van der Waals surface area contributed by atoms with Crippen LogP contribution in [-0.2, 0) is 14.8 Å². The fourth-order valence-corrected chi connectivity index (χ4v) is 6.89. The van der Waals surface area contributed by atoms with Gasteiger partial charge in [-0.25, -0.2) is 46.5 Å². The Kier molecular flexibility index (Phi) is 8.84. The highest BCUT2D eigenvalue weighted by Crippen LogP contribution is 2.39. The Balaban J connectivity index is 1.30. The van der Waals surface area contributed by atoms with Gasteiger partial charge < -0.3 is 15.0 Å². The first-order valence-corrected chi connectivity index (χ1v) is 16.4. The van der Waals surface area contributed by atoms with Crippen molar-refractivity contribution in [1.29, 1.82) is 0 Å². The van der Waals surface area contributed by atoms with E-state index in [0.29, 0.717) is 53.8 Å². The topological polar surface area (TPSA) is 135 Å². The summed E-state index contributed by atoms with van der Waals surface area (Å²) in [5.41, 5.74) is 1.83. The van der Waals surface area contributed by atoms with E-state index < -0.39 is 32.4 Å². The second-order valence-corrected chi connectivity index (χ2v) is 13.1. The maximum atomic E-state index is 15.0. The van der Waals surface area contributed by atoms with Crippen molar-refractivity contribution in [1.82, 2.24) is 24.9 Å². The van der Waals surface area contributed by atoms with Crippen LogP contribution in [0.2, 0.25) is 0 Å². The van der Waals surface area contributed by atoms with Crippen LogP contribution < -0.4 is 14.9 Å². The molecule has 0 radical (unpaired) electrons. The zero-order valence-electron chi connectivity index (χ0n) is 24.5. The number of nitrogens with one attached hydrogen (secondary N) is 2. The van der Waals surface area contributed by atoms with E-state index in [1.54, 1.807) is 18.3 Å². The summed E-state index contributed by atoms with van der Waals surface area (Å²) in [6.45, 7) is 6.07. The van der Waals surface area contributed by atoms with Gasteiger partial charge in [-0.1, -0.05) is 19.9 Å². The highest BCUT2D eigenvalue weighted by molar-refractivity contribution is 7.92. The van der Waals surface area contributed by atoms with Crippen LogP contribution in [0.5, 0.6) is 0 Å². The Morgan fingerprint density at radius 3 is 2.39 bits per heavy atom. The molecule has 238 valence electrons. The molecule has 0 atom stereocenters. The third-order valence-electron chi connectivity index (χ3n) is 6.87. The molecular formula is C30H27F3N8O3S2. The molecule has 6 rings (SSSR count). The van der Waals surface area contributed by atoms with E-state index in [9.17, 15) is 21.6 Å². The molecule has 1 aliphatic rings. The lowest BCUT2D eigenvalue weighted by Gasteiger charge is -2.28. The molecule has 0 aliphatic carbocycles. The third-order valence-corrected chi connectivity index (χ3v) is 9.66. The molecule has 1 aliphatic heterocycles. The number of anilines is 4. The number of hydrogen-bond acceptors (Lipinski definition) is 11. The van der Waals surface area contributed by atoms with Crippen molar-refractivity contribution in [3.8, 4) is 21.8 Å².